The minimum absolute atomic E-state index is 0.0126. The average Bonchev–Trinajstić information content (AvgIpc) is 2.93. The molecule has 0 aromatic carbocycles. The Bertz CT molecular complexity index is 586. The van der Waals surface area contributed by atoms with E-state index < -0.39 is 0 Å². The maximum absolute atomic E-state index is 12.8. The third-order valence-electron chi connectivity index (χ3n) is 3.87. The summed E-state index contributed by atoms with van der Waals surface area (Å²) >= 11 is 0. The second-order valence-corrected chi connectivity index (χ2v) is 6.05. The van der Waals surface area contributed by atoms with Crippen LogP contribution in [-0.4, -0.2) is 44.9 Å². The lowest BCUT2D eigenvalue weighted by Gasteiger charge is -2.38. The molecular weight excluding hydrogens is 254 g/mol. The van der Waals surface area contributed by atoms with Crippen LogP contribution in [0.5, 0.6) is 0 Å². The summed E-state index contributed by atoms with van der Waals surface area (Å²) in [4.78, 5) is 25.5. The molecular formula is C14H21N5O. The van der Waals surface area contributed by atoms with Gasteiger partial charge < -0.3 is 4.57 Å². The quantitative estimate of drug-likeness (QED) is 0.831. The number of amidine groups is 1. The molecule has 1 aromatic rings. The van der Waals surface area contributed by atoms with E-state index in [0.29, 0.717) is 6.54 Å². The standard InChI is InChI=1S/C14H21N5O/c1-8(2)17-7-16-11-12-15-6-10(5)19(12)14(20)18(9(3)4)13(11)17/h7-10H,6H2,1-5H3/t10-/m1/s1. The van der Waals surface area contributed by atoms with Gasteiger partial charge in [0.2, 0.25) is 0 Å². The van der Waals surface area contributed by atoms with Gasteiger partial charge in [0, 0.05) is 12.1 Å². The Kier molecular flexibility index (Phi) is 2.84. The minimum Gasteiger partial charge on any atom is -0.314 e. The molecule has 1 atom stereocenters. The van der Waals surface area contributed by atoms with Gasteiger partial charge in [0.25, 0.3) is 0 Å². The maximum Gasteiger partial charge on any atom is 0.331 e. The molecule has 2 amide bonds. The van der Waals surface area contributed by atoms with Crippen molar-refractivity contribution in [2.75, 3.05) is 11.4 Å². The van der Waals surface area contributed by atoms with Crippen LogP contribution < -0.4 is 4.90 Å². The zero-order valence-electron chi connectivity index (χ0n) is 12.7. The van der Waals surface area contributed by atoms with Gasteiger partial charge in [-0.2, -0.15) is 0 Å². The van der Waals surface area contributed by atoms with Gasteiger partial charge in [-0.05, 0) is 34.6 Å². The second kappa shape index (κ2) is 4.33. The molecule has 1 aromatic heterocycles. The zero-order chi connectivity index (χ0) is 14.6. The summed E-state index contributed by atoms with van der Waals surface area (Å²) in [5.41, 5.74) is 0.830. The predicted molar refractivity (Wildman–Crippen MR) is 78.3 cm³/mol. The largest absolute Gasteiger partial charge is 0.331 e. The Hall–Kier alpha value is -1.85. The number of rotatable bonds is 2. The van der Waals surface area contributed by atoms with Crippen molar-refractivity contribution in [3.63, 3.8) is 0 Å². The van der Waals surface area contributed by atoms with Crippen LogP contribution in [0.4, 0.5) is 10.6 Å². The molecule has 6 nitrogen and oxygen atoms in total. The van der Waals surface area contributed by atoms with Crippen LogP contribution in [0.1, 0.15) is 46.4 Å². The summed E-state index contributed by atoms with van der Waals surface area (Å²) in [6.07, 6.45) is 1.81. The summed E-state index contributed by atoms with van der Waals surface area (Å²) in [6, 6.07) is 0.464. The molecule has 0 saturated carbocycles. The Morgan fingerprint density at radius 2 is 1.95 bits per heavy atom. The number of imidazole rings is 1. The molecule has 0 unspecified atom stereocenters. The van der Waals surface area contributed by atoms with Crippen molar-refractivity contribution >= 4 is 17.7 Å². The van der Waals surface area contributed by atoms with Crippen LogP contribution in [0.25, 0.3) is 0 Å². The molecule has 20 heavy (non-hydrogen) atoms. The summed E-state index contributed by atoms with van der Waals surface area (Å²) in [6.45, 7) is 10.9. The summed E-state index contributed by atoms with van der Waals surface area (Å²) in [5, 5.41) is 0. The van der Waals surface area contributed by atoms with Gasteiger partial charge in [-0.15, -0.1) is 0 Å². The average molecular weight is 275 g/mol. The first kappa shape index (κ1) is 13.1. The van der Waals surface area contributed by atoms with E-state index >= 15 is 0 Å². The number of carbonyl (C=O) groups is 1. The van der Waals surface area contributed by atoms with Crippen molar-refractivity contribution in [2.24, 2.45) is 4.99 Å². The van der Waals surface area contributed by atoms with Crippen LogP contribution in [0, 0.1) is 0 Å². The number of nitrogens with zero attached hydrogens (tertiary/aromatic N) is 5. The highest BCUT2D eigenvalue weighted by Crippen LogP contribution is 2.34. The lowest BCUT2D eigenvalue weighted by atomic mass is 10.2. The Morgan fingerprint density at radius 3 is 2.55 bits per heavy atom. The summed E-state index contributed by atoms with van der Waals surface area (Å²) in [7, 11) is 0. The molecule has 0 spiro atoms. The molecule has 6 heteroatoms. The molecule has 108 valence electrons. The molecule has 0 saturated heterocycles. The lowest BCUT2D eigenvalue weighted by molar-refractivity contribution is 0.218. The monoisotopic (exact) mass is 275 g/mol. The smallest absolute Gasteiger partial charge is 0.314 e. The van der Waals surface area contributed by atoms with E-state index in [1.807, 2.05) is 32.0 Å². The molecule has 0 radical (unpaired) electrons. The first-order valence-electron chi connectivity index (χ1n) is 7.17. The fourth-order valence-electron chi connectivity index (χ4n) is 2.85. The SMILES string of the molecule is CC(C)N1C(=O)N2C(=NC[C@H]2C)c2ncn(C(C)C)c21. The van der Waals surface area contributed by atoms with E-state index in [9.17, 15) is 4.79 Å². The van der Waals surface area contributed by atoms with Crippen LogP contribution in [0.3, 0.4) is 0 Å². The molecule has 2 aliphatic rings. The number of hydrogen-bond donors (Lipinski definition) is 0. The van der Waals surface area contributed by atoms with Gasteiger partial charge in [-0.1, -0.05) is 0 Å². The van der Waals surface area contributed by atoms with Crippen LogP contribution in [-0.2, 0) is 0 Å². The van der Waals surface area contributed by atoms with E-state index in [4.69, 9.17) is 0 Å². The molecule has 0 aliphatic carbocycles. The normalized spacial score (nSPS) is 21.6. The molecule has 0 bridgehead atoms. The van der Waals surface area contributed by atoms with Gasteiger partial charge in [0.1, 0.15) is 11.5 Å². The summed E-state index contributed by atoms with van der Waals surface area (Å²) in [5.74, 6) is 1.61. The number of aromatic nitrogens is 2. The molecule has 0 fully saturated rings. The fraction of sp³-hybridized carbons (Fsp3) is 0.643. The Balaban J connectivity index is 2.22. The number of aliphatic imine (C=N–C) groups is 1. The lowest BCUT2D eigenvalue weighted by Crippen LogP contribution is -2.55. The fourth-order valence-corrected chi connectivity index (χ4v) is 2.85. The third-order valence-corrected chi connectivity index (χ3v) is 3.87. The first-order valence-corrected chi connectivity index (χ1v) is 7.17. The number of fused-ring (bicyclic) bond motifs is 3. The van der Waals surface area contributed by atoms with Gasteiger partial charge in [-0.3, -0.25) is 14.8 Å². The highest BCUT2D eigenvalue weighted by molar-refractivity contribution is 6.18. The van der Waals surface area contributed by atoms with E-state index in [0.717, 1.165) is 17.3 Å². The second-order valence-electron chi connectivity index (χ2n) is 6.05. The van der Waals surface area contributed by atoms with Crippen molar-refractivity contribution < 1.29 is 4.79 Å². The van der Waals surface area contributed by atoms with Crippen LogP contribution in [0.2, 0.25) is 0 Å². The van der Waals surface area contributed by atoms with E-state index in [1.165, 1.54) is 0 Å². The minimum atomic E-state index is 0.0126. The molecule has 2 aliphatic heterocycles. The molecule has 3 heterocycles. The highest BCUT2D eigenvalue weighted by atomic mass is 16.2. The number of urea groups is 1. The Morgan fingerprint density at radius 1 is 1.25 bits per heavy atom. The van der Waals surface area contributed by atoms with Gasteiger partial charge in [0.05, 0.1) is 18.9 Å². The van der Waals surface area contributed by atoms with Gasteiger partial charge in [-0.25, -0.2) is 9.78 Å². The predicted octanol–water partition coefficient (Wildman–Crippen LogP) is 2.26. The maximum atomic E-state index is 12.8. The van der Waals surface area contributed by atoms with E-state index in [1.54, 1.807) is 4.90 Å². The van der Waals surface area contributed by atoms with Crippen LogP contribution in [0.15, 0.2) is 11.3 Å². The number of hydrogen-bond acceptors (Lipinski definition) is 3. The van der Waals surface area contributed by atoms with E-state index in [2.05, 4.69) is 28.4 Å². The van der Waals surface area contributed by atoms with Crippen molar-refractivity contribution in [3.05, 3.63) is 12.0 Å². The van der Waals surface area contributed by atoms with Crippen molar-refractivity contribution in [1.82, 2.24) is 14.5 Å². The van der Waals surface area contributed by atoms with Crippen molar-refractivity contribution in [1.29, 1.82) is 0 Å². The zero-order valence-corrected chi connectivity index (χ0v) is 12.7. The first-order chi connectivity index (χ1) is 9.43. The van der Waals surface area contributed by atoms with Crippen molar-refractivity contribution in [2.45, 2.75) is 52.7 Å². The topological polar surface area (TPSA) is 53.7 Å². The Labute approximate surface area is 119 Å². The van der Waals surface area contributed by atoms with E-state index in [-0.39, 0.29) is 24.2 Å². The highest BCUT2D eigenvalue weighted by Gasteiger charge is 2.44. The van der Waals surface area contributed by atoms with Gasteiger partial charge in [0.15, 0.2) is 5.84 Å². The molecule has 0 N–H and O–H groups in total. The number of amides is 2. The molecule has 3 rings (SSSR count). The van der Waals surface area contributed by atoms with Crippen LogP contribution >= 0.6 is 0 Å². The number of anilines is 1. The summed E-state index contributed by atoms with van der Waals surface area (Å²) < 4.78 is 2.05. The van der Waals surface area contributed by atoms with Gasteiger partial charge >= 0.3 is 6.03 Å². The van der Waals surface area contributed by atoms with Crippen molar-refractivity contribution in [3.8, 4) is 0 Å². The third kappa shape index (κ3) is 1.60. The number of carbonyl (C=O) groups excluding carboxylic acids is 1.